The molecule has 7 nitrogen and oxygen atoms in total. The summed E-state index contributed by atoms with van der Waals surface area (Å²) in [4.78, 5) is 26.0. The average molecular weight is 436 g/mol. The lowest BCUT2D eigenvalue weighted by molar-refractivity contribution is -0.122. The Morgan fingerprint density at radius 3 is 2.60 bits per heavy atom. The standard InChI is InChI=1S/C22H33N3O4S/c1-14-6-5-7-20(16(14)3)24-22(27)10-11-23-30(28,29)19-8-9-21-18(13-19)12-15(2)25(21)17(4)26/h8-9,13-16,20,23H,5-7,10-12H2,1-4H3,(H,24,27)/t14-,15-,16+,20+/m0/s1. The Morgan fingerprint density at radius 2 is 1.90 bits per heavy atom. The van der Waals surface area contributed by atoms with Crippen LogP contribution >= 0.6 is 0 Å². The van der Waals surface area contributed by atoms with Crippen LogP contribution in [0.15, 0.2) is 23.1 Å². The number of nitrogens with one attached hydrogen (secondary N) is 2. The molecule has 0 spiro atoms. The molecule has 8 heteroatoms. The summed E-state index contributed by atoms with van der Waals surface area (Å²) >= 11 is 0. The molecule has 3 rings (SSSR count). The van der Waals surface area contributed by atoms with Crippen LogP contribution in [0.25, 0.3) is 0 Å². The lowest BCUT2D eigenvalue weighted by Crippen LogP contribution is -2.44. The monoisotopic (exact) mass is 435 g/mol. The molecular weight excluding hydrogens is 402 g/mol. The normalized spacial score (nSPS) is 26.3. The van der Waals surface area contributed by atoms with E-state index < -0.39 is 10.0 Å². The van der Waals surface area contributed by atoms with Crippen LogP contribution in [0, 0.1) is 11.8 Å². The van der Waals surface area contributed by atoms with Gasteiger partial charge in [0.1, 0.15) is 0 Å². The van der Waals surface area contributed by atoms with Crippen molar-refractivity contribution in [3.63, 3.8) is 0 Å². The minimum Gasteiger partial charge on any atom is -0.353 e. The summed E-state index contributed by atoms with van der Waals surface area (Å²) in [5.41, 5.74) is 1.61. The second-order valence-electron chi connectivity index (χ2n) is 8.82. The molecule has 2 aliphatic rings. The number of hydrogen-bond donors (Lipinski definition) is 2. The van der Waals surface area contributed by atoms with Crippen molar-refractivity contribution >= 4 is 27.5 Å². The Hall–Kier alpha value is -1.93. The molecule has 1 aliphatic carbocycles. The van der Waals surface area contributed by atoms with E-state index in [2.05, 4.69) is 23.9 Å². The zero-order valence-electron chi connectivity index (χ0n) is 18.3. The zero-order chi connectivity index (χ0) is 22.1. The molecule has 0 bridgehead atoms. The van der Waals surface area contributed by atoms with Gasteiger partial charge >= 0.3 is 0 Å². The van der Waals surface area contributed by atoms with Crippen molar-refractivity contribution < 1.29 is 18.0 Å². The van der Waals surface area contributed by atoms with Crippen LogP contribution in [0.5, 0.6) is 0 Å². The molecule has 30 heavy (non-hydrogen) atoms. The van der Waals surface area contributed by atoms with Crippen molar-refractivity contribution in [2.45, 2.75) is 76.8 Å². The van der Waals surface area contributed by atoms with Gasteiger partial charge in [0, 0.05) is 37.7 Å². The summed E-state index contributed by atoms with van der Waals surface area (Å²) in [5, 5.41) is 3.07. The SMILES string of the molecule is CC(=O)N1c2ccc(S(=O)(=O)NCCC(=O)N[C@@H]3CCC[C@H](C)[C@H]3C)cc2C[C@@H]1C. The predicted molar refractivity (Wildman–Crippen MR) is 117 cm³/mol. The Labute approximate surface area is 179 Å². The summed E-state index contributed by atoms with van der Waals surface area (Å²) in [5.74, 6) is 0.845. The van der Waals surface area contributed by atoms with E-state index in [1.54, 1.807) is 17.0 Å². The van der Waals surface area contributed by atoms with Crippen molar-refractivity contribution in [1.29, 1.82) is 0 Å². The lowest BCUT2D eigenvalue weighted by atomic mass is 9.78. The molecule has 1 aromatic carbocycles. The van der Waals surface area contributed by atoms with Gasteiger partial charge in [-0.2, -0.15) is 0 Å². The third-order valence-corrected chi connectivity index (χ3v) is 8.07. The molecular formula is C22H33N3O4S. The van der Waals surface area contributed by atoms with E-state index in [4.69, 9.17) is 0 Å². The highest BCUT2D eigenvalue weighted by molar-refractivity contribution is 7.89. The first-order valence-electron chi connectivity index (χ1n) is 10.8. The number of sulfonamides is 1. The topological polar surface area (TPSA) is 95.6 Å². The highest BCUT2D eigenvalue weighted by Crippen LogP contribution is 2.34. The fraction of sp³-hybridized carbons (Fsp3) is 0.636. The summed E-state index contributed by atoms with van der Waals surface area (Å²) in [6.07, 6.45) is 4.02. The van der Waals surface area contributed by atoms with E-state index in [1.807, 2.05) is 6.92 Å². The smallest absolute Gasteiger partial charge is 0.240 e. The molecule has 1 aliphatic heterocycles. The number of hydrogen-bond acceptors (Lipinski definition) is 4. The molecule has 0 unspecified atom stereocenters. The van der Waals surface area contributed by atoms with Crippen molar-refractivity contribution in [3.05, 3.63) is 23.8 Å². The van der Waals surface area contributed by atoms with E-state index in [9.17, 15) is 18.0 Å². The molecule has 0 radical (unpaired) electrons. The first kappa shape index (κ1) is 22.7. The van der Waals surface area contributed by atoms with E-state index >= 15 is 0 Å². The summed E-state index contributed by atoms with van der Waals surface area (Å²) in [6.45, 7) is 7.89. The summed E-state index contributed by atoms with van der Waals surface area (Å²) < 4.78 is 27.9. The molecule has 1 fully saturated rings. The van der Waals surface area contributed by atoms with Crippen molar-refractivity contribution in [2.24, 2.45) is 11.8 Å². The van der Waals surface area contributed by atoms with Gasteiger partial charge in [0.15, 0.2) is 0 Å². The second-order valence-corrected chi connectivity index (χ2v) is 10.6. The van der Waals surface area contributed by atoms with E-state index in [1.165, 1.54) is 19.4 Å². The number of benzene rings is 1. The highest BCUT2D eigenvalue weighted by atomic mass is 32.2. The molecule has 1 heterocycles. The van der Waals surface area contributed by atoms with Crippen molar-refractivity contribution in [3.8, 4) is 0 Å². The third-order valence-electron chi connectivity index (χ3n) is 6.61. The van der Waals surface area contributed by atoms with Crippen LogP contribution in [0.2, 0.25) is 0 Å². The maximum Gasteiger partial charge on any atom is 0.240 e. The number of fused-ring (bicyclic) bond motifs is 1. The van der Waals surface area contributed by atoms with E-state index in [0.29, 0.717) is 18.3 Å². The average Bonchev–Trinajstić information content (AvgIpc) is 3.00. The number of carbonyl (C=O) groups is 2. The minimum atomic E-state index is -3.72. The zero-order valence-corrected chi connectivity index (χ0v) is 19.1. The number of anilines is 1. The number of amides is 2. The molecule has 1 saturated carbocycles. The van der Waals surface area contributed by atoms with Gasteiger partial charge in [-0.3, -0.25) is 9.59 Å². The molecule has 166 valence electrons. The Bertz CT molecular complexity index is 915. The minimum absolute atomic E-state index is 0.0111. The quantitative estimate of drug-likeness (QED) is 0.718. The second kappa shape index (κ2) is 9.06. The van der Waals surface area contributed by atoms with Gasteiger partial charge in [-0.25, -0.2) is 13.1 Å². The summed E-state index contributed by atoms with van der Waals surface area (Å²) in [7, 11) is -3.72. The van der Waals surface area contributed by atoms with Crippen molar-refractivity contribution in [2.75, 3.05) is 11.4 Å². The van der Waals surface area contributed by atoms with Crippen LogP contribution in [0.4, 0.5) is 5.69 Å². The van der Waals surface area contributed by atoms with Gasteiger partial charge in [-0.15, -0.1) is 0 Å². The van der Waals surface area contributed by atoms with Crippen LogP contribution in [0.3, 0.4) is 0 Å². The summed E-state index contributed by atoms with van der Waals surface area (Å²) in [6, 6.07) is 5.01. The Morgan fingerprint density at radius 1 is 1.17 bits per heavy atom. The fourth-order valence-electron chi connectivity index (χ4n) is 4.70. The van der Waals surface area contributed by atoms with Gasteiger partial charge in [-0.05, 0) is 55.4 Å². The third kappa shape index (κ3) is 4.86. The Kier molecular flexibility index (Phi) is 6.87. The van der Waals surface area contributed by atoms with Gasteiger partial charge in [-0.1, -0.05) is 26.7 Å². The first-order valence-corrected chi connectivity index (χ1v) is 12.3. The molecule has 0 saturated heterocycles. The van der Waals surface area contributed by atoms with Crippen LogP contribution < -0.4 is 14.9 Å². The number of carbonyl (C=O) groups excluding carboxylic acids is 2. The highest BCUT2D eigenvalue weighted by Gasteiger charge is 2.30. The molecule has 2 N–H and O–H groups in total. The maximum absolute atomic E-state index is 12.7. The van der Waals surface area contributed by atoms with Gasteiger partial charge in [0.05, 0.1) is 4.90 Å². The van der Waals surface area contributed by atoms with Crippen LogP contribution in [-0.4, -0.2) is 38.9 Å². The molecule has 0 aromatic heterocycles. The van der Waals surface area contributed by atoms with E-state index in [-0.39, 0.29) is 41.8 Å². The largest absolute Gasteiger partial charge is 0.353 e. The van der Waals surface area contributed by atoms with E-state index in [0.717, 1.165) is 24.1 Å². The van der Waals surface area contributed by atoms with Crippen molar-refractivity contribution in [1.82, 2.24) is 10.0 Å². The Balaban J connectivity index is 1.56. The van der Waals surface area contributed by atoms with Gasteiger partial charge in [0.2, 0.25) is 21.8 Å². The fourth-order valence-corrected chi connectivity index (χ4v) is 5.78. The van der Waals surface area contributed by atoms with Gasteiger partial charge < -0.3 is 10.2 Å². The van der Waals surface area contributed by atoms with Crippen LogP contribution in [0.1, 0.15) is 58.9 Å². The lowest BCUT2D eigenvalue weighted by Gasteiger charge is -2.34. The first-order chi connectivity index (χ1) is 14.1. The van der Waals surface area contributed by atoms with Gasteiger partial charge in [0.25, 0.3) is 0 Å². The predicted octanol–water partition coefficient (Wildman–Crippen LogP) is 2.59. The molecule has 1 aromatic rings. The van der Waals surface area contributed by atoms with Crippen LogP contribution in [-0.2, 0) is 26.0 Å². The molecule has 4 atom stereocenters. The maximum atomic E-state index is 12.7. The number of nitrogens with zero attached hydrogens (tertiary/aromatic N) is 1. The number of rotatable bonds is 6. The molecule has 2 amide bonds.